The summed E-state index contributed by atoms with van der Waals surface area (Å²) in [5.74, 6) is 0.994. The Bertz CT molecular complexity index is 308. The lowest BCUT2D eigenvalue weighted by Crippen LogP contribution is -1.94. The lowest BCUT2D eigenvalue weighted by molar-refractivity contribution is -0.111. The van der Waals surface area contributed by atoms with E-state index in [-0.39, 0.29) is 0 Å². The molecule has 0 aliphatic carbocycles. The zero-order chi connectivity index (χ0) is 12.3. The molecule has 94 valence electrons. The number of thioether (sulfide) groups is 1. The van der Waals surface area contributed by atoms with Crippen LogP contribution < -0.4 is 0 Å². The van der Waals surface area contributed by atoms with Crippen molar-refractivity contribution in [2.45, 2.75) is 45.4 Å². The van der Waals surface area contributed by atoms with Gasteiger partial charge in [-0.1, -0.05) is 55.4 Å². The lowest BCUT2D eigenvalue weighted by Gasteiger charge is -2.01. The van der Waals surface area contributed by atoms with Gasteiger partial charge in [-0.3, -0.25) is 4.79 Å². The molecule has 0 bridgehead atoms. The average molecular weight is 250 g/mol. The number of carbonyl (C=O) groups is 1. The van der Waals surface area contributed by atoms with E-state index in [1.807, 2.05) is 6.07 Å². The molecule has 17 heavy (non-hydrogen) atoms. The molecule has 0 N–H and O–H groups in total. The molecule has 0 radical (unpaired) electrons. The summed E-state index contributed by atoms with van der Waals surface area (Å²) in [5.41, 5.74) is 1.37. The number of hydrogen-bond acceptors (Lipinski definition) is 2. The summed E-state index contributed by atoms with van der Waals surface area (Å²) in [6, 6.07) is 10.5. The van der Waals surface area contributed by atoms with E-state index in [0.717, 1.165) is 37.9 Å². The number of rotatable bonds is 8. The van der Waals surface area contributed by atoms with Gasteiger partial charge >= 0.3 is 0 Å². The molecular formula is C15H22OS. The van der Waals surface area contributed by atoms with Crippen molar-refractivity contribution in [2.24, 2.45) is 0 Å². The van der Waals surface area contributed by atoms with Crippen LogP contribution in [0.25, 0.3) is 0 Å². The minimum Gasteiger partial charge on any atom is -0.287 e. The summed E-state index contributed by atoms with van der Waals surface area (Å²) in [6.45, 7) is 2.16. The molecule has 0 saturated carbocycles. The van der Waals surface area contributed by atoms with E-state index < -0.39 is 0 Å². The van der Waals surface area contributed by atoms with Gasteiger partial charge in [0.1, 0.15) is 0 Å². The van der Waals surface area contributed by atoms with Gasteiger partial charge in [0.15, 0.2) is 5.12 Å². The molecule has 0 saturated heterocycles. The first-order valence-electron chi connectivity index (χ1n) is 6.52. The molecule has 0 heterocycles. The molecule has 1 aromatic carbocycles. The summed E-state index contributed by atoms with van der Waals surface area (Å²) in [6.07, 6.45) is 6.29. The number of hydrogen-bond donors (Lipinski definition) is 0. The van der Waals surface area contributed by atoms with Gasteiger partial charge in [0.05, 0.1) is 0 Å². The van der Waals surface area contributed by atoms with Crippen molar-refractivity contribution in [1.29, 1.82) is 0 Å². The maximum absolute atomic E-state index is 11.5. The van der Waals surface area contributed by atoms with Crippen LogP contribution in [0.5, 0.6) is 0 Å². The third kappa shape index (κ3) is 7.22. The van der Waals surface area contributed by atoms with Crippen LogP contribution in [-0.4, -0.2) is 10.9 Å². The Kier molecular flexibility index (Phi) is 7.81. The van der Waals surface area contributed by atoms with E-state index in [0.29, 0.717) is 5.12 Å². The van der Waals surface area contributed by atoms with Crippen molar-refractivity contribution >= 4 is 16.9 Å². The molecule has 0 atom stereocenters. The van der Waals surface area contributed by atoms with Gasteiger partial charge in [0, 0.05) is 12.2 Å². The highest BCUT2D eigenvalue weighted by molar-refractivity contribution is 8.13. The van der Waals surface area contributed by atoms with E-state index in [9.17, 15) is 4.79 Å². The van der Waals surface area contributed by atoms with Crippen molar-refractivity contribution in [2.75, 3.05) is 5.75 Å². The fourth-order valence-corrected chi connectivity index (χ4v) is 2.60. The fourth-order valence-electron chi connectivity index (χ4n) is 1.65. The molecule has 1 nitrogen and oxygen atoms in total. The SMILES string of the molecule is CCCCSC(=O)CCCCc1ccccc1. The van der Waals surface area contributed by atoms with Crippen LogP contribution in [0.1, 0.15) is 44.6 Å². The number of benzene rings is 1. The molecule has 0 unspecified atom stereocenters. The Morgan fingerprint density at radius 3 is 2.59 bits per heavy atom. The molecular weight excluding hydrogens is 228 g/mol. The summed E-state index contributed by atoms with van der Waals surface area (Å²) in [4.78, 5) is 11.5. The second kappa shape index (κ2) is 9.29. The van der Waals surface area contributed by atoms with E-state index >= 15 is 0 Å². The zero-order valence-corrected chi connectivity index (χ0v) is 11.5. The van der Waals surface area contributed by atoms with E-state index in [2.05, 4.69) is 31.2 Å². The van der Waals surface area contributed by atoms with Crippen LogP contribution in [0.3, 0.4) is 0 Å². The monoisotopic (exact) mass is 250 g/mol. The van der Waals surface area contributed by atoms with E-state index in [1.54, 1.807) is 0 Å². The highest BCUT2D eigenvalue weighted by Crippen LogP contribution is 2.12. The van der Waals surface area contributed by atoms with Gasteiger partial charge in [-0.2, -0.15) is 0 Å². The summed E-state index contributed by atoms with van der Waals surface area (Å²) in [5, 5.41) is 0.367. The number of carbonyl (C=O) groups excluding carboxylic acids is 1. The van der Waals surface area contributed by atoms with E-state index in [1.165, 1.54) is 23.7 Å². The number of unbranched alkanes of at least 4 members (excludes halogenated alkanes) is 2. The smallest absolute Gasteiger partial charge is 0.188 e. The maximum Gasteiger partial charge on any atom is 0.188 e. The zero-order valence-electron chi connectivity index (χ0n) is 10.7. The minimum atomic E-state index is 0.367. The summed E-state index contributed by atoms with van der Waals surface area (Å²) in [7, 11) is 0. The normalized spacial score (nSPS) is 10.4. The van der Waals surface area contributed by atoms with Crippen molar-refractivity contribution in [3.05, 3.63) is 35.9 Å². The Labute approximate surface area is 109 Å². The van der Waals surface area contributed by atoms with Crippen LogP contribution in [0.4, 0.5) is 0 Å². The average Bonchev–Trinajstić information content (AvgIpc) is 2.36. The van der Waals surface area contributed by atoms with Gasteiger partial charge in [0.25, 0.3) is 0 Å². The van der Waals surface area contributed by atoms with Crippen molar-refractivity contribution in [1.82, 2.24) is 0 Å². The first-order chi connectivity index (χ1) is 8.33. The van der Waals surface area contributed by atoms with Crippen molar-refractivity contribution in [3.8, 4) is 0 Å². The quantitative estimate of drug-likeness (QED) is 0.634. The Morgan fingerprint density at radius 2 is 1.88 bits per heavy atom. The maximum atomic E-state index is 11.5. The van der Waals surface area contributed by atoms with Gasteiger partial charge in [0.2, 0.25) is 0 Å². The number of aryl methyl sites for hydroxylation is 1. The van der Waals surface area contributed by atoms with E-state index in [4.69, 9.17) is 0 Å². The predicted octanol–water partition coefficient (Wildman–Crippen LogP) is 4.46. The van der Waals surface area contributed by atoms with Crippen LogP contribution >= 0.6 is 11.8 Å². The lowest BCUT2D eigenvalue weighted by atomic mass is 10.1. The largest absolute Gasteiger partial charge is 0.287 e. The second-order valence-electron chi connectivity index (χ2n) is 4.27. The molecule has 2 heteroatoms. The molecule has 0 aliphatic rings. The fraction of sp³-hybridized carbons (Fsp3) is 0.533. The van der Waals surface area contributed by atoms with Crippen LogP contribution in [0, 0.1) is 0 Å². The van der Waals surface area contributed by atoms with Gasteiger partial charge in [-0.15, -0.1) is 0 Å². The summed E-state index contributed by atoms with van der Waals surface area (Å²) < 4.78 is 0. The third-order valence-electron chi connectivity index (χ3n) is 2.70. The highest BCUT2D eigenvalue weighted by atomic mass is 32.2. The third-order valence-corrected chi connectivity index (χ3v) is 3.72. The van der Waals surface area contributed by atoms with Gasteiger partial charge in [-0.25, -0.2) is 0 Å². The second-order valence-corrected chi connectivity index (χ2v) is 5.42. The molecule has 0 amide bonds. The molecule has 0 fully saturated rings. The topological polar surface area (TPSA) is 17.1 Å². The van der Waals surface area contributed by atoms with Crippen molar-refractivity contribution in [3.63, 3.8) is 0 Å². The molecule has 0 aromatic heterocycles. The van der Waals surface area contributed by atoms with Gasteiger partial charge in [-0.05, 0) is 31.2 Å². The first-order valence-corrected chi connectivity index (χ1v) is 7.51. The van der Waals surface area contributed by atoms with Crippen molar-refractivity contribution < 1.29 is 4.79 Å². The predicted molar refractivity (Wildman–Crippen MR) is 76.4 cm³/mol. The molecule has 0 spiro atoms. The van der Waals surface area contributed by atoms with Crippen LogP contribution in [0.15, 0.2) is 30.3 Å². The Hall–Kier alpha value is -0.760. The van der Waals surface area contributed by atoms with Crippen LogP contribution in [0.2, 0.25) is 0 Å². The Balaban J connectivity index is 2.02. The van der Waals surface area contributed by atoms with Crippen LogP contribution in [-0.2, 0) is 11.2 Å². The Morgan fingerprint density at radius 1 is 1.12 bits per heavy atom. The molecule has 0 aliphatic heterocycles. The standard InChI is InChI=1S/C15H22OS/c1-2-3-13-17-15(16)12-8-7-11-14-9-5-4-6-10-14/h4-6,9-10H,2-3,7-8,11-13H2,1H3. The molecule has 1 rings (SSSR count). The van der Waals surface area contributed by atoms with Gasteiger partial charge < -0.3 is 0 Å². The molecule has 1 aromatic rings. The highest BCUT2D eigenvalue weighted by Gasteiger charge is 2.02. The first kappa shape index (κ1) is 14.3. The minimum absolute atomic E-state index is 0.367. The summed E-state index contributed by atoms with van der Waals surface area (Å²) >= 11 is 1.51.